The summed E-state index contributed by atoms with van der Waals surface area (Å²) in [6, 6.07) is 47.4. The number of ether oxygens (including phenoxy) is 1. The molecular weight excluding hydrogens is 1020 g/mol. The first-order valence-corrected chi connectivity index (χ1v) is 30.4. The van der Waals surface area contributed by atoms with Crippen LogP contribution in [0.25, 0.3) is 54.9 Å². The minimum absolute atomic E-state index is 0.101. The Morgan fingerprint density at radius 1 is 0.468 bits per heavy atom. The quantitative estimate of drug-likeness (QED) is 0.120. The van der Waals surface area contributed by atoms with Crippen molar-refractivity contribution in [3.63, 3.8) is 0 Å². The number of aryl methyl sites for hydroxylation is 2. The first kappa shape index (κ1) is 58.9. The van der Waals surface area contributed by atoms with Gasteiger partial charge in [0.05, 0.1) is 0 Å². The summed E-state index contributed by atoms with van der Waals surface area (Å²) in [5.41, 5.74) is 18.0. The molecule has 77 heavy (non-hydrogen) atoms. The van der Waals surface area contributed by atoms with Crippen molar-refractivity contribution < 1.29 is 32.9 Å². The third-order valence-electron chi connectivity index (χ3n) is 15.4. The Kier molecular flexibility index (Phi) is 19.7. The monoisotopic (exact) mass is 1110 g/mol. The Balaban J connectivity index is 0.000000282. The minimum atomic E-state index is -0.493. The molecule has 0 bridgehead atoms. The maximum atomic E-state index is 12.9. The number of nitrogens with zero attached hydrogens (tertiary/aromatic N) is 1. The van der Waals surface area contributed by atoms with Crippen LogP contribution in [0, 0.1) is 13.8 Å². The third kappa shape index (κ3) is 13.4. The molecule has 0 aromatic heterocycles. The Bertz CT molecular complexity index is 3150. The van der Waals surface area contributed by atoms with Gasteiger partial charge >= 0.3 is 130 Å². The molecule has 1 heterocycles. The average molecular weight is 1110 g/mol. The second-order valence-electron chi connectivity index (χ2n) is 23.8. The fourth-order valence-electron chi connectivity index (χ4n) is 10.7. The number of hydrogen-bond donors (Lipinski definition) is 2. The van der Waals surface area contributed by atoms with Gasteiger partial charge < -0.3 is 14.9 Å². The van der Waals surface area contributed by atoms with Gasteiger partial charge in [-0.1, -0.05) is 156 Å². The van der Waals surface area contributed by atoms with E-state index in [4.69, 9.17) is 8.23 Å². The predicted molar refractivity (Wildman–Crippen MR) is 329 cm³/mol. The van der Waals surface area contributed by atoms with Gasteiger partial charge in [0, 0.05) is 35.5 Å². The molecule has 1 aliphatic rings. The van der Waals surface area contributed by atoms with E-state index in [0.29, 0.717) is 23.0 Å². The molecule has 0 saturated carbocycles. The van der Waals surface area contributed by atoms with Crippen molar-refractivity contribution in [2.75, 3.05) is 13.2 Å². The number of fused-ring (bicyclic) bond motifs is 2. The van der Waals surface area contributed by atoms with Gasteiger partial charge in [0.2, 0.25) is 0 Å². The molecule has 1 aliphatic heterocycles. The van der Waals surface area contributed by atoms with E-state index < -0.39 is 17.9 Å². The molecule has 5 heteroatoms. The van der Waals surface area contributed by atoms with Gasteiger partial charge in [0.1, 0.15) is 11.5 Å². The fourth-order valence-corrected chi connectivity index (χ4v) is 12.8. The molecule has 0 amide bonds. The van der Waals surface area contributed by atoms with Crippen LogP contribution < -0.4 is 0 Å². The number of aromatic hydroxyl groups is 2. The van der Waals surface area contributed by atoms with Crippen molar-refractivity contribution in [2.45, 2.75) is 165 Å². The standard InChI is InChI=1S/C50H58O2.C10H12.C8H9N.C4H8O.Mo/c1-27(2)35-23-39(29(5)6)45(40(24-35)30(7)8)43-21-33-17-13-15-19-37(33)47(49(43)51)48-38-20-16-14-18-34(38)22-44(50(48)52)46-41(31(9)10)25-36(28(3)4)26-42(46)32(11)12;1-10(2,3)9-7-5-4-6-8-9;1-6-4-3-5-7(2)8(6)9;1-2-4-5-3-1;/h13-32,51-52H,1-12H3;1,4-8H,2-3H3;3-5H,1-2H3;1-4H2;. The van der Waals surface area contributed by atoms with Gasteiger partial charge in [-0.2, -0.15) is 0 Å². The zero-order valence-electron chi connectivity index (χ0n) is 49.2. The number of phenolic OH excluding ortho intramolecular Hbond substituents is 2. The van der Waals surface area contributed by atoms with E-state index in [1.807, 2.05) is 12.1 Å². The summed E-state index contributed by atoms with van der Waals surface area (Å²) in [7, 11) is 0. The van der Waals surface area contributed by atoms with Crippen LogP contribution in [0.1, 0.15) is 195 Å². The van der Waals surface area contributed by atoms with Crippen LogP contribution in [0.2, 0.25) is 0 Å². The fraction of sp³-hybridized carbons (Fsp3) is 0.375. The molecule has 8 aromatic rings. The van der Waals surface area contributed by atoms with Crippen molar-refractivity contribution in [3.8, 4) is 44.9 Å². The van der Waals surface area contributed by atoms with Crippen molar-refractivity contribution in [2.24, 2.45) is 3.50 Å². The molecule has 1 saturated heterocycles. The molecular formula is C72H87MoNO3. The summed E-state index contributed by atoms with van der Waals surface area (Å²) in [5.74, 6) is 2.17. The Morgan fingerprint density at radius 3 is 1.19 bits per heavy atom. The van der Waals surface area contributed by atoms with Gasteiger partial charge in [-0.3, -0.25) is 0 Å². The van der Waals surface area contributed by atoms with Crippen molar-refractivity contribution in [1.82, 2.24) is 0 Å². The van der Waals surface area contributed by atoms with Crippen LogP contribution in [0.4, 0.5) is 5.69 Å². The van der Waals surface area contributed by atoms with E-state index >= 15 is 0 Å². The van der Waals surface area contributed by atoms with Gasteiger partial charge in [0.15, 0.2) is 0 Å². The number of benzene rings is 8. The first-order chi connectivity index (χ1) is 36.6. The molecule has 404 valence electrons. The second-order valence-corrected chi connectivity index (χ2v) is 25.3. The third-order valence-corrected chi connectivity index (χ3v) is 17.8. The first-order valence-electron chi connectivity index (χ1n) is 28.4. The molecule has 2 N–H and O–H groups in total. The van der Waals surface area contributed by atoms with Crippen molar-refractivity contribution in [3.05, 3.63) is 184 Å². The maximum absolute atomic E-state index is 12.9. The van der Waals surface area contributed by atoms with E-state index in [9.17, 15) is 10.2 Å². The van der Waals surface area contributed by atoms with Crippen LogP contribution in [-0.2, 0) is 28.1 Å². The van der Waals surface area contributed by atoms with E-state index in [1.54, 1.807) is 0 Å². The molecule has 4 nitrogen and oxygen atoms in total. The van der Waals surface area contributed by atoms with E-state index in [0.717, 1.165) is 57.0 Å². The van der Waals surface area contributed by atoms with Crippen LogP contribution in [-0.4, -0.2) is 27.8 Å². The molecule has 9 rings (SSSR count). The van der Waals surface area contributed by atoms with E-state index in [2.05, 4.69) is 237 Å². The second kappa shape index (κ2) is 25.8. The van der Waals surface area contributed by atoms with E-state index in [-0.39, 0.29) is 40.6 Å². The van der Waals surface area contributed by atoms with Gasteiger partial charge in [-0.05, 0) is 127 Å². The van der Waals surface area contributed by atoms with Gasteiger partial charge in [-0.25, -0.2) is 0 Å². The molecule has 8 aromatic carbocycles. The summed E-state index contributed by atoms with van der Waals surface area (Å²) in [4.78, 5) is 0. The molecule has 0 unspecified atom stereocenters. The Labute approximate surface area is 471 Å². The zero-order chi connectivity index (χ0) is 55.9. The summed E-state index contributed by atoms with van der Waals surface area (Å²) < 4.78 is 12.3. The van der Waals surface area contributed by atoms with Crippen LogP contribution in [0.15, 0.2) is 137 Å². The Morgan fingerprint density at radius 2 is 0.844 bits per heavy atom. The normalized spacial score (nSPS) is 12.7. The average Bonchev–Trinajstić information content (AvgIpc) is 4.03. The molecule has 0 aliphatic carbocycles. The summed E-state index contributed by atoms with van der Waals surface area (Å²) in [5, 5.41) is 29.7. The number of phenols is 2. The topological polar surface area (TPSA) is 62.0 Å². The molecule has 0 radical (unpaired) electrons. The zero-order valence-corrected chi connectivity index (χ0v) is 51.2. The molecule has 1 fully saturated rings. The number of rotatable bonds is 12. The van der Waals surface area contributed by atoms with Crippen LogP contribution in [0.3, 0.4) is 0 Å². The molecule has 0 atom stereocenters. The summed E-state index contributed by atoms with van der Waals surface area (Å²) >= 11 is -0.493. The molecule has 0 spiro atoms. The summed E-state index contributed by atoms with van der Waals surface area (Å²) in [6.45, 7) is 37.8. The summed E-state index contributed by atoms with van der Waals surface area (Å²) in [6.07, 6.45) is 2.56. The van der Waals surface area contributed by atoms with Crippen molar-refractivity contribution >= 4 is 31.6 Å². The van der Waals surface area contributed by atoms with Crippen LogP contribution in [0.5, 0.6) is 11.5 Å². The SMILES string of the molecule is C1CCOC1.CC(C)c1cc(C(C)C)c(-c2cc3ccccc3c(-c3c(O)c(-c4c(C(C)C)cc(C(C)C)cc4C(C)C)cc4ccccc34)c2O)c(C(C)C)c1.Cc1cccc(C)c1[N]=[Mo]=[CH]C(C)(C)c1ccccc1. The van der Waals surface area contributed by atoms with Gasteiger partial charge in [0.25, 0.3) is 0 Å². The van der Waals surface area contributed by atoms with Crippen LogP contribution >= 0.6 is 0 Å². The van der Waals surface area contributed by atoms with E-state index in [1.165, 1.54) is 68.6 Å². The van der Waals surface area contributed by atoms with Gasteiger partial charge in [-0.15, -0.1) is 0 Å². The number of hydrogen-bond acceptors (Lipinski definition) is 4. The van der Waals surface area contributed by atoms with Crippen molar-refractivity contribution in [1.29, 1.82) is 0 Å². The predicted octanol–water partition coefficient (Wildman–Crippen LogP) is 20.9. The Hall–Kier alpha value is -5.80.